The Morgan fingerprint density at radius 1 is 1.00 bits per heavy atom. The maximum absolute atomic E-state index is 12.7. The van der Waals surface area contributed by atoms with Gasteiger partial charge in [-0.2, -0.15) is 0 Å². The largest absolute Gasteiger partial charge is 0.357 e. The number of carbonyl (C=O) groups is 2. The summed E-state index contributed by atoms with van der Waals surface area (Å²) in [5.41, 5.74) is 1.75. The van der Waals surface area contributed by atoms with Crippen molar-refractivity contribution in [1.29, 1.82) is 0 Å². The number of aliphatic imine (C=N–C) groups is 1. The first-order chi connectivity index (χ1) is 15.4. The fraction of sp³-hybridized carbons (Fsp3) is 0.625. The predicted molar refractivity (Wildman–Crippen MR) is 143 cm³/mol. The number of amides is 2. The molecular weight excluding hydrogens is 531 g/mol. The number of rotatable bonds is 6. The Hall–Kier alpha value is -1.88. The van der Waals surface area contributed by atoms with Gasteiger partial charge in [-0.1, -0.05) is 12.1 Å². The number of hydrogen-bond acceptors (Lipinski definition) is 4. The zero-order valence-electron chi connectivity index (χ0n) is 20.4. The fourth-order valence-electron chi connectivity index (χ4n) is 4.28. The highest BCUT2D eigenvalue weighted by Crippen LogP contribution is 2.14. The second-order valence-corrected chi connectivity index (χ2v) is 8.80. The second kappa shape index (κ2) is 13.1. The highest BCUT2D eigenvalue weighted by atomic mass is 127. The molecule has 1 aromatic rings. The minimum absolute atomic E-state index is 0. The molecule has 0 saturated carbocycles. The summed E-state index contributed by atoms with van der Waals surface area (Å²) >= 11 is 0. The van der Waals surface area contributed by atoms with Crippen LogP contribution in [0, 0.1) is 0 Å². The van der Waals surface area contributed by atoms with E-state index in [0.29, 0.717) is 12.1 Å². The Labute approximate surface area is 215 Å². The zero-order chi connectivity index (χ0) is 23.1. The number of carbonyl (C=O) groups excluding carboxylic acids is 2. The van der Waals surface area contributed by atoms with Gasteiger partial charge >= 0.3 is 0 Å². The maximum Gasteiger partial charge on any atom is 0.253 e. The Morgan fingerprint density at radius 3 is 2.15 bits per heavy atom. The molecule has 1 unspecified atom stereocenters. The van der Waals surface area contributed by atoms with E-state index in [1.165, 1.54) is 0 Å². The Morgan fingerprint density at radius 2 is 1.61 bits per heavy atom. The molecule has 0 aromatic heterocycles. The van der Waals surface area contributed by atoms with Crippen LogP contribution in [0.15, 0.2) is 29.3 Å². The number of hydrogen-bond donors (Lipinski definition) is 1. The van der Waals surface area contributed by atoms with Gasteiger partial charge in [0, 0.05) is 65.5 Å². The molecule has 0 spiro atoms. The topological polar surface area (TPSA) is 71.5 Å². The van der Waals surface area contributed by atoms with Crippen LogP contribution in [-0.2, 0) is 11.3 Å². The Balaban J connectivity index is 0.00000385. The van der Waals surface area contributed by atoms with Crippen molar-refractivity contribution in [2.75, 3.05) is 59.9 Å². The first-order valence-corrected chi connectivity index (χ1v) is 11.8. The molecule has 2 amide bonds. The Bertz CT molecular complexity index is 800. The van der Waals surface area contributed by atoms with Crippen LogP contribution in [0.3, 0.4) is 0 Å². The third-order valence-corrected chi connectivity index (χ3v) is 6.29. The van der Waals surface area contributed by atoms with Gasteiger partial charge in [0.15, 0.2) is 5.96 Å². The maximum atomic E-state index is 12.7. The lowest BCUT2D eigenvalue weighted by Gasteiger charge is -2.39. The summed E-state index contributed by atoms with van der Waals surface area (Å²) in [4.78, 5) is 37.8. The van der Waals surface area contributed by atoms with E-state index in [1.807, 2.05) is 36.1 Å². The molecule has 0 radical (unpaired) electrons. The molecular formula is C24H39IN6O2. The van der Waals surface area contributed by atoms with Gasteiger partial charge in [0.2, 0.25) is 5.91 Å². The Kier molecular flexibility index (Phi) is 10.9. The van der Waals surface area contributed by atoms with E-state index < -0.39 is 0 Å². The summed E-state index contributed by atoms with van der Waals surface area (Å²) in [6, 6.07) is 7.59. The lowest BCUT2D eigenvalue weighted by molar-refractivity contribution is -0.135. The fourth-order valence-corrected chi connectivity index (χ4v) is 4.28. The van der Waals surface area contributed by atoms with E-state index >= 15 is 0 Å². The van der Waals surface area contributed by atoms with E-state index in [4.69, 9.17) is 4.99 Å². The quantitative estimate of drug-likeness (QED) is 0.323. The number of nitrogens with zero attached hydrogens (tertiary/aromatic N) is 5. The molecule has 2 aliphatic heterocycles. The van der Waals surface area contributed by atoms with Crippen molar-refractivity contribution in [2.24, 2.45) is 4.99 Å². The molecule has 184 valence electrons. The van der Waals surface area contributed by atoms with Crippen LogP contribution >= 0.6 is 24.0 Å². The van der Waals surface area contributed by atoms with Gasteiger partial charge in [-0.25, -0.2) is 4.99 Å². The zero-order valence-corrected chi connectivity index (χ0v) is 22.7. The predicted octanol–water partition coefficient (Wildman–Crippen LogP) is 2.10. The summed E-state index contributed by atoms with van der Waals surface area (Å²) < 4.78 is 0. The summed E-state index contributed by atoms with van der Waals surface area (Å²) in [7, 11) is 3.51. The molecule has 8 nitrogen and oxygen atoms in total. The van der Waals surface area contributed by atoms with Gasteiger partial charge in [0.25, 0.3) is 5.91 Å². The molecule has 3 rings (SSSR count). The van der Waals surface area contributed by atoms with Crippen molar-refractivity contribution in [3.8, 4) is 0 Å². The minimum atomic E-state index is -0.0573. The van der Waals surface area contributed by atoms with Gasteiger partial charge in [0.1, 0.15) is 0 Å². The van der Waals surface area contributed by atoms with Crippen molar-refractivity contribution in [2.45, 2.75) is 39.3 Å². The average Bonchev–Trinajstić information content (AvgIpc) is 3.36. The van der Waals surface area contributed by atoms with Gasteiger partial charge in [-0.3, -0.25) is 14.5 Å². The number of nitrogens with one attached hydrogen (secondary N) is 1. The first-order valence-electron chi connectivity index (χ1n) is 11.8. The summed E-state index contributed by atoms with van der Waals surface area (Å²) in [6.45, 7) is 10.7. The highest BCUT2D eigenvalue weighted by molar-refractivity contribution is 14.0. The molecule has 1 N–H and O–H groups in total. The average molecular weight is 571 g/mol. The number of halogens is 1. The van der Waals surface area contributed by atoms with Crippen molar-refractivity contribution in [3.63, 3.8) is 0 Å². The van der Waals surface area contributed by atoms with Gasteiger partial charge in [0.05, 0.1) is 12.6 Å². The second-order valence-electron chi connectivity index (χ2n) is 8.80. The molecule has 2 fully saturated rings. The summed E-state index contributed by atoms with van der Waals surface area (Å²) in [5, 5.41) is 3.40. The van der Waals surface area contributed by atoms with Crippen LogP contribution in [-0.4, -0.2) is 103 Å². The normalized spacial score (nSPS) is 18.0. The highest BCUT2D eigenvalue weighted by Gasteiger charge is 2.30. The number of likely N-dealkylation sites (tertiary alicyclic amines) is 1. The number of benzene rings is 1. The van der Waals surface area contributed by atoms with Crippen LogP contribution in [0.25, 0.3) is 0 Å². The molecule has 2 saturated heterocycles. The van der Waals surface area contributed by atoms with Gasteiger partial charge in [-0.15, -0.1) is 24.0 Å². The van der Waals surface area contributed by atoms with Crippen LogP contribution < -0.4 is 5.32 Å². The van der Waals surface area contributed by atoms with Crippen LogP contribution in [0.2, 0.25) is 0 Å². The van der Waals surface area contributed by atoms with E-state index in [-0.39, 0.29) is 41.8 Å². The molecule has 9 heteroatoms. The summed E-state index contributed by atoms with van der Waals surface area (Å²) in [6.07, 6.45) is 2.26. The molecule has 2 heterocycles. The van der Waals surface area contributed by atoms with Crippen molar-refractivity contribution in [3.05, 3.63) is 35.4 Å². The van der Waals surface area contributed by atoms with E-state index in [9.17, 15) is 9.59 Å². The van der Waals surface area contributed by atoms with Crippen LogP contribution in [0.4, 0.5) is 0 Å². The number of piperazine rings is 1. The smallest absolute Gasteiger partial charge is 0.253 e. The van der Waals surface area contributed by atoms with Crippen molar-refractivity contribution < 1.29 is 9.59 Å². The standard InChI is InChI=1S/C24H38N6O2.HI/c1-5-25-24(26-18-20-8-10-21(11-9-20)23(32)27(3)4)30-16-14-28(15-17-30)19(2)22(31)29-12-6-7-13-29;/h8-11,19H,5-7,12-18H2,1-4H3,(H,25,26);1H. The van der Waals surface area contributed by atoms with Crippen LogP contribution in [0.1, 0.15) is 42.6 Å². The van der Waals surface area contributed by atoms with E-state index in [0.717, 1.165) is 70.2 Å². The van der Waals surface area contributed by atoms with Gasteiger partial charge < -0.3 is 20.0 Å². The minimum Gasteiger partial charge on any atom is -0.357 e. The molecule has 0 bridgehead atoms. The molecule has 1 aromatic carbocycles. The lowest BCUT2D eigenvalue weighted by Crippen LogP contribution is -2.57. The summed E-state index contributed by atoms with van der Waals surface area (Å²) in [5.74, 6) is 1.18. The van der Waals surface area contributed by atoms with Crippen molar-refractivity contribution in [1.82, 2.24) is 24.9 Å². The SMILES string of the molecule is CCNC(=NCc1ccc(C(=O)N(C)C)cc1)N1CCN(C(C)C(=O)N2CCCC2)CC1.I. The van der Waals surface area contributed by atoms with Gasteiger partial charge in [-0.05, 0) is 44.4 Å². The van der Waals surface area contributed by atoms with E-state index in [2.05, 4.69) is 22.0 Å². The molecule has 33 heavy (non-hydrogen) atoms. The number of guanidine groups is 1. The molecule has 0 aliphatic carbocycles. The molecule has 2 aliphatic rings. The van der Waals surface area contributed by atoms with E-state index in [1.54, 1.807) is 19.0 Å². The van der Waals surface area contributed by atoms with Crippen molar-refractivity contribution >= 4 is 41.8 Å². The first kappa shape index (κ1) is 27.4. The monoisotopic (exact) mass is 570 g/mol. The van der Waals surface area contributed by atoms with Crippen LogP contribution in [0.5, 0.6) is 0 Å². The third-order valence-electron chi connectivity index (χ3n) is 6.29. The lowest BCUT2D eigenvalue weighted by atomic mass is 10.1. The third kappa shape index (κ3) is 7.30. The molecule has 1 atom stereocenters.